The minimum absolute atomic E-state index is 0.308. The highest BCUT2D eigenvalue weighted by Gasteiger charge is 2.44. The Hall–Kier alpha value is -3.88. The molecule has 5 N–H and O–H groups in total. The lowest BCUT2D eigenvalue weighted by Gasteiger charge is -2.29. The number of hydrogen-bond acceptors (Lipinski definition) is 4. The lowest BCUT2D eigenvalue weighted by Crippen LogP contribution is -2.57. The van der Waals surface area contributed by atoms with Gasteiger partial charge < -0.3 is 21.3 Å². The van der Waals surface area contributed by atoms with Crippen LogP contribution in [0.5, 0.6) is 0 Å². The van der Waals surface area contributed by atoms with E-state index in [0.29, 0.717) is 30.6 Å². The third-order valence-corrected chi connectivity index (χ3v) is 6.28. The maximum Gasteiger partial charge on any atom is 0.322 e. The minimum atomic E-state index is -1.22. The number of imide groups is 1. The van der Waals surface area contributed by atoms with Crippen molar-refractivity contribution < 1.29 is 19.2 Å². The normalized spacial score (nSPS) is 21.1. The molecule has 1 aliphatic heterocycles. The molecule has 1 heterocycles. The topological polar surface area (TPSA) is 128 Å². The summed E-state index contributed by atoms with van der Waals surface area (Å²) in [7, 11) is 0. The average Bonchev–Trinajstić information content (AvgIpc) is 3.38. The van der Waals surface area contributed by atoms with Gasteiger partial charge in [0.05, 0.1) is 0 Å². The molecule has 0 radical (unpaired) electrons. The van der Waals surface area contributed by atoms with Crippen molar-refractivity contribution in [2.45, 2.75) is 50.2 Å². The van der Waals surface area contributed by atoms with E-state index < -0.39 is 29.0 Å². The van der Waals surface area contributed by atoms with Crippen LogP contribution in [0.1, 0.15) is 43.7 Å². The summed E-state index contributed by atoms with van der Waals surface area (Å²) in [6.45, 7) is 1.96. The molecule has 1 atom stereocenters. The zero-order valence-electron chi connectivity index (χ0n) is 18.4. The van der Waals surface area contributed by atoms with Gasteiger partial charge in [0.15, 0.2) is 0 Å². The molecule has 1 unspecified atom stereocenters. The van der Waals surface area contributed by atoms with Gasteiger partial charge in [-0.05, 0) is 43.0 Å². The molecule has 0 aromatic heterocycles. The maximum atomic E-state index is 13.3. The lowest BCUT2D eigenvalue weighted by molar-refractivity contribution is -0.123. The third-order valence-electron chi connectivity index (χ3n) is 6.28. The number of rotatable bonds is 6. The quantitative estimate of drug-likeness (QED) is 0.434. The van der Waals surface area contributed by atoms with E-state index in [4.69, 9.17) is 0 Å². The van der Waals surface area contributed by atoms with E-state index in [-0.39, 0.29) is 5.91 Å². The summed E-state index contributed by atoms with van der Waals surface area (Å²) >= 11 is 0. The highest BCUT2D eigenvalue weighted by atomic mass is 16.2. The van der Waals surface area contributed by atoms with E-state index in [0.717, 1.165) is 18.4 Å². The Morgan fingerprint density at radius 3 is 2.39 bits per heavy atom. The van der Waals surface area contributed by atoms with E-state index in [9.17, 15) is 19.2 Å². The van der Waals surface area contributed by atoms with Crippen molar-refractivity contribution in [1.29, 1.82) is 0 Å². The molecule has 2 aromatic rings. The number of urea groups is 2. The second kappa shape index (κ2) is 8.93. The van der Waals surface area contributed by atoms with Gasteiger partial charge in [-0.1, -0.05) is 55.3 Å². The summed E-state index contributed by atoms with van der Waals surface area (Å²) in [5.41, 5.74) is -0.257. The van der Waals surface area contributed by atoms with Gasteiger partial charge in [0.2, 0.25) is 5.91 Å². The van der Waals surface area contributed by atoms with Gasteiger partial charge in [0.1, 0.15) is 11.1 Å². The molecular weight excluding hydrogens is 422 g/mol. The van der Waals surface area contributed by atoms with Gasteiger partial charge in [-0.25, -0.2) is 9.59 Å². The Balaban J connectivity index is 1.45. The van der Waals surface area contributed by atoms with Crippen molar-refractivity contribution in [3.8, 4) is 0 Å². The van der Waals surface area contributed by atoms with Crippen LogP contribution >= 0.6 is 0 Å². The monoisotopic (exact) mass is 449 g/mol. The minimum Gasteiger partial charge on any atom is -0.334 e. The molecule has 0 bridgehead atoms. The van der Waals surface area contributed by atoms with Crippen LogP contribution in [0.4, 0.5) is 15.3 Å². The van der Waals surface area contributed by atoms with Crippen molar-refractivity contribution in [3.05, 3.63) is 65.7 Å². The van der Waals surface area contributed by atoms with Crippen LogP contribution in [0.2, 0.25) is 0 Å². The number of hydrogen-bond donors (Lipinski definition) is 5. The summed E-state index contributed by atoms with van der Waals surface area (Å²) in [5.74, 6) is -0.767. The molecule has 33 heavy (non-hydrogen) atoms. The third kappa shape index (κ3) is 4.67. The van der Waals surface area contributed by atoms with Crippen LogP contribution in [0.25, 0.3) is 0 Å². The lowest BCUT2D eigenvalue weighted by atomic mass is 9.91. The Labute approximate surface area is 191 Å². The first-order valence-electron chi connectivity index (χ1n) is 11.0. The summed E-state index contributed by atoms with van der Waals surface area (Å²) in [6, 6.07) is 15.3. The Bertz CT molecular complexity index is 1080. The summed E-state index contributed by atoms with van der Waals surface area (Å²) in [4.78, 5) is 49.7. The summed E-state index contributed by atoms with van der Waals surface area (Å²) in [5, 5.41) is 13.4. The molecule has 9 heteroatoms. The fourth-order valence-electron chi connectivity index (χ4n) is 4.33. The number of nitrogens with one attached hydrogen (secondary N) is 5. The van der Waals surface area contributed by atoms with Crippen LogP contribution < -0.4 is 26.6 Å². The van der Waals surface area contributed by atoms with Crippen LogP contribution in [-0.4, -0.2) is 29.4 Å². The predicted octanol–water partition coefficient (Wildman–Crippen LogP) is 2.49. The van der Waals surface area contributed by atoms with Crippen LogP contribution in [0, 0.1) is 0 Å². The van der Waals surface area contributed by atoms with Crippen molar-refractivity contribution in [2.75, 3.05) is 5.32 Å². The number of amides is 6. The highest BCUT2D eigenvalue weighted by molar-refractivity contribution is 6.07. The van der Waals surface area contributed by atoms with Gasteiger partial charge >= 0.3 is 12.1 Å². The first-order chi connectivity index (χ1) is 15.8. The van der Waals surface area contributed by atoms with Crippen molar-refractivity contribution >= 4 is 29.6 Å². The van der Waals surface area contributed by atoms with Crippen LogP contribution in [-0.2, 0) is 21.7 Å². The zero-order chi connectivity index (χ0) is 23.5. The molecule has 4 rings (SSSR count). The molecule has 2 fully saturated rings. The second-order valence-electron chi connectivity index (χ2n) is 8.65. The molecule has 0 spiro atoms. The summed E-state index contributed by atoms with van der Waals surface area (Å²) in [6.07, 6.45) is 2.73. The number of carbonyl (C=O) groups excluding carboxylic acids is 4. The molecule has 1 saturated carbocycles. The van der Waals surface area contributed by atoms with Gasteiger partial charge in [0.25, 0.3) is 5.91 Å². The largest absolute Gasteiger partial charge is 0.334 e. The smallest absolute Gasteiger partial charge is 0.322 e. The summed E-state index contributed by atoms with van der Waals surface area (Å²) < 4.78 is 0. The molecule has 2 aromatic carbocycles. The molecule has 6 amide bonds. The molecule has 1 saturated heterocycles. The fraction of sp³-hybridized carbons (Fsp3) is 0.333. The van der Waals surface area contributed by atoms with E-state index in [1.165, 1.54) is 0 Å². The standard InChI is InChI=1S/C24H27N5O4/c1-23(19(30)27-22(33)28-23)17-10-7-11-18(14-17)26-20(31)24(12-5-6-13-24)29-21(32)25-15-16-8-3-2-4-9-16/h2-4,7-11,14H,5-6,12-13,15H2,1H3,(H,26,31)(H2,25,29,32)(H2,27,28,30,33). The number of benzene rings is 2. The van der Waals surface area contributed by atoms with E-state index in [1.54, 1.807) is 31.2 Å². The number of carbonyl (C=O) groups is 4. The van der Waals surface area contributed by atoms with E-state index in [1.807, 2.05) is 30.3 Å². The fourth-order valence-corrected chi connectivity index (χ4v) is 4.33. The van der Waals surface area contributed by atoms with Crippen molar-refractivity contribution in [1.82, 2.24) is 21.3 Å². The Kier molecular flexibility index (Phi) is 6.04. The first-order valence-corrected chi connectivity index (χ1v) is 11.0. The maximum absolute atomic E-state index is 13.3. The van der Waals surface area contributed by atoms with Crippen LogP contribution in [0.15, 0.2) is 54.6 Å². The zero-order valence-corrected chi connectivity index (χ0v) is 18.4. The van der Waals surface area contributed by atoms with Gasteiger partial charge in [-0.2, -0.15) is 0 Å². The number of anilines is 1. The molecule has 172 valence electrons. The second-order valence-corrected chi connectivity index (χ2v) is 8.65. The average molecular weight is 450 g/mol. The van der Waals surface area contributed by atoms with E-state index in [2.05, 4.69) is 26.6 Å². The SMILES string of the molecule is CC1(c2cccc(NC(=O)C3(NC(=O)NCc4ccccc4)CCCC3)c2)NC(=O)NC1=O. The predicted molar refractivity (Wildman–Crippen MR) is 122 cm³/mol. The van der Waals surface area contributed by atoms with Gasteiger partial charge in [-0.3, -0.25) is 14.9 Å². The Morgan fingerprint density at radius 2 is 1.73 bits per heavy atom. The molecule has 2 aliphatic rings. The van der Waals surface area contributed by atoms with Crippen LogP contribution in [0.3, 0.4) is 0 Å². The highest BCUT2D eigenvalue weighted by Crippen LogP contribution is 2.32. The van der Waals surface area contributed by atoms with Crippen molar-refractivity contribution in [2.24, 2.45) is 0 Å². The van der Waals surface area contributed by atoms with E-state index >= 15 is 0 Å². The van der Waals surface area contributed by atoms with Crippen molar-refractivity contribution in [3.63, 3.8) is 0 Å². The first kappa shape index (κ1) is 22.3. The Morgan fingerprint density at radius 1 is 1.00 bits per heavy atom. The molecule has 1 aliphatic carbocycles. The molecular formula is C24H27N5O4. The van der Waals surface area contributed by atoms with Gasteiger partial charge in [-0.15, -0.1) is 0 Å². The molecule has 9 nitrogen and oxygen atoms in total. The van der Waals surface area contributed by atoms with Gasteiger partial charge in [0, 0.05) is 12.2 Å².